The molecule has 0 saturated carbocycles. The van der Waals surface area contributed by atoms with E-state index >= 15 is 0 Å². The fourth-order valence-electron chi connectivity index (χ4n) is 2.16. The molecule has 0 aliphatic carbocycles. The molecule has 0 N–H and O–H groups in total. The molecular formula is C22H32N2O5. The zero-order valence-electron chi connectivity index (χ0n) is 18.8. The summed E-state index contributed by atoms with van der Waals surface area (Å²) in [7, 11) is 0. The van der Waals surface area contributed by atoms with Crippen LogP contribution in [-0.4, -0.2) is 39.1 Å². The Morgan fingerprint density at radius 1 is 0.966 bits per heavy atom. The fourth-order valence-corrected chi connectivity index (χ4v) is 2.16. The van der Waals surface area contributed by atoms with Crippen LogP contribution in [0, 0.1) is 0 Å². The molecule has 1 unspecified atom stereocenters. The Morgan fingerprint density at radius 3 is 1.97 bits per heavy atom. The molecule has 0 aromatic carbocycles. The highest BCUT2D eigenvalue weighted by Gasteiger charge is 2.36. The van der Waals surface area contributed by atoms with Crippen molar-refractivity contribution in [3.05, 3.63) is 40.3 Å². The maximum atomic E-state index is 13.1. The van der Waals surface area contributed by atoms with Crippen LogP contribution in [0.3, 0.4) is 0 Å². The van der Waals surface area contributed by atoms with E-state index < -0.39 is 40.3 Å². The SMILES string of the molecule is CC(C)(C)N=C=C(C(=O)OC(C)(C)C)C(C(=O)OC(C)(C)C)n1ccccc1=O. The molecule has 160 valence electrons. The van der Waals surface area contributed by atoms with Gasteiger partial charge in [0, 0.05) is 12.3 Å². The summed E-state index contributed by atoms with van der Waals surface area (Å²) in [5, 5.41) is 0. The van der Waals surface area contributed by atoms with Crippen molar-refractivity contribution >= 4 is 17.8 Å². The van der Waals surface area contributed by atoms with Gasteiger partial charge in [0.1, 0.15) is 16.8 Å². The van der Waals surface area contributed by atoms with Crippen molar-refractivity contribution in [2.75, 3.05) is 0 Å². The second-order valence-electron chi connectivity index (χ2n) is 9.69. The van der Waals surface area contributed by atoms with Crippen LogP contribution in [-0.2, 0) is 19.1 Å². The van der Waals surface area contributed by atoms with Crippen LogP contribution in [0.25, 0.3) is 0 Å². The molecule has 0 saturated heterocycles. The standard InChI is InChI=1S/C22H32N2O5/c1-20(2,3)23-14-15(18(26)28-21(4,5)6)17(19(27)29-22(7,8)9)24-13-11-10-12-16(24)25/h10-13,17H,1-9H3. The molecule has 0 amide bonds. The number of aromatic nitrogens is 1. The predicted octanol–water partition coefficient (Wildman–Crippen LogP) is 3.47. The molecule has 29 heavy (non-hydrogen) atoms. The van der Waals surface area contributed by atoms with Crippen LogP contribution in [0.15, 0.2) is 39.8 Å². The molecule has 1 aromatic rings. The van der Waals surface area contributed by atoms with E-state index in [2.05, 4.69) is 10.9 Å². The lowest BCUT2D eigenvalue weighted by molar-refractivity contribution is -0.161. The highest BCUT2D eigenvalue weighted by molar-refractivity contribution is 6.04. The van der Waals surface area contributed by atoms with Gasteiger partial charge in [0.25, 0.3) is 5.56 Å². The first-order valence-electron chi connectivity index (χ1n) is 9.48. The lowest BCUT2D eigenvalue weighted by Crippen LogP contribution is -2.39. The lowest BCUT2D eigenvalue weighted by Gasteiger charge is -2.27. The van der Waals surface area contributed by atoms with E-state index in [1.165, 1.54) is 12.3 Å². The zero-order chi connectivity index (χ0) is 22.6. The first kappa shape index (κ1) is 24.4. The molecule has 0 aliphatic rings. The van der Waals surface area contributed by atoms with E-state index in [0.717, 1.165) is 4.57 Å². The molecule has 0 radical (unpaired) electrons. The Labute approximate surface area is 172 Å². The topological polar surface area (TPSA) is 87.0 Å². The first-order chi connectivity index (χ1) is 13.0. The van der Waals surface area contributed by atoms with Gasteiger partial charge < -0.3 is 9.47 Å². The molecule has 0 bridgehead atoms. The van der Waals surface area contributed by atoms with Crippen LogP contribution < -0.4 is 5.56 Å². The number of esters is 2. The Morgan fingerprint density at radius 2 is 1.52 bits per heavy atom. The largest absolute Gasteiger partial charge is 0.458 e. The van der Waals surface area contributed by atoms with Gasteiger partial charge in [0.15, 0.2) is 6.04 Å². The number of hydrogen-bond acceptors (Lipinski definition) is 6. The van der Waals surface area contributed by atoms with Crippen molar-refractivity contribution in [1.82, 2.24) is 4.57 Å². The number of nitrogens with zero attached hydrogens (tertiary/aromatic N) is 2. The van der Waals surface area contributed by atoms with Gasteiger partial charge >= 0.3 is 11.9 Å². The third-order valence-corrected chi connectivity index (χ3v) is 3.16. The third kappa shape index (κ3) is 8.48. The number of ether oxygens (including phenoxy) is 2. The summed E-state index contributed by atoms with van der Waals surface area (Å²) in [5.74, 6) is 1.11. The number of carbonyl (C=O) groups is 2. The van der Waals surface area contributed by atoms with Crippen molar-refractivity contribution in [3.8, 4) is 0 Å². The van der Waals surface area contributed by atoms with Crippen LogP contribution in [0.5, 0.6) is 0 Å². The number of pyridine rings is 1. The maximum absolute atomic E-state index is 13.1. The minimum absolute atomic E-state index is 0.197. The van der Waals surface area contributed by atoms with Crippen molar-refractivity contribution < 1.29 is 19.1 Å². The normalized spacial score (nSPS) is 13.1. The van der Waals surface area contributed by atoms with Crippen LogP contribution in [0.1, 0.15) is 68.4 Å². The Kier molecular flexibility index (Phi) is 7.38. The summed E-state index contributed by atoms with van der Waals surface area (Å²) in [6.45, 7) is 15.7. The highest BCUT2D eigenvalue weighted by atomic mass is 16.6. The summed E-state index contributed by atoms with van der Waals surface area (Å²) >= 11 is 0. The van der Waals surface area contributed by atoms with Gasteiger partial charge in [-0.2, -0.15) is 0 Å². The molecule has 7 nitrogen and oxygen atoms in total. The molecule has 1 rings (SSSR count). The number of hydrogen-bond donors (Lipinski definition) is 0. The lowest BCUT2D eigenvalue weighted by atomic mass is 10.1. The average Bonchev–Trinajstić information content (AvgIpc) is 2.47. The summed E-state index contributed by atoms with van der Waals surface area (Å²) < 4.78 is 12.1. The Hall–Kier alpha value is -2.66. The molecule has 0 aliphatic heterocycles. The maximum Gasteiger partial charge on any atom is 0.346 e. The number of aliphatic imine (C=N–C) groups is 1. The quantitative estimate of drug-likeness (QED) is 0.436. The molecule has 0 fully saturated rings. The molecule has 7 heteroatoms. The van der Waals surface area contributed by atoms with E-state index in [0.29, 0.717) is 0 Å². The molecule has 0 spiro atoms. The van der Waals surface area contributed by atoms with Crippen LogP contribution in [0.4, 0.5) is 0 Å². The van der Waals surface area contributed by atoms with E-state index in [1.54, 1.807) is 53.7 Å². The second kappa shape index (κ2) is 8.78. The highest BCUT2D eigenvalue weighted by Crippen LogP contribution is 2.23. The molecule has 1 heterocycles. The monoisotopic (exact) mass is 404 g/mol. The van der Waals surface area contributed by atoms with Crippen LogP contribution >= 0.6 is 0 Å². The van der Waals surface area contributed by atoms with Gasteiger partial charge in [-0.3, -0.25) is 9.36 Å². The van der Waals surface area contributed by atoms with Gasteiger partial charge in [0.2, 0.25) is 0 Å². The van der Waals surface area contributed by atoms with Gasteiger partial charge in [-0.05, 0) is 74.2 Å². The molecule has 1 atom stereocenters. The molecular weight excluding hydrogens is 372 g/mol. The Balaban J connectivity index is 3.73. The smallest absolute Gasteiger partial charge is 0.346 e. The summed E-state index contributed by atoms with van der Waals surface area (Å²) in [6.07, 6.45) is 1.42. The average molecular weight is 405 g/mol. The molecule has 1 aromatic heterocycles. The number of rotatable bonds is 4. The van der Waals surface area contributed by atoms with Gasteiger partial charge in [-0.1, -0.05) is 6.07 Å². The summed E-state index contributed by atoms with van der Waals surface area (Å²) in [4.78, 5) is 42.7. The first-order valence-corrected chi connectivity index (χ1v) is 9.48. The minimum Gasteiger partial charge on any atom is -0.458 e. The third-order valence-electron chi connectivity index (χ3n) is 3.16. The minimum atomic E-state index is -1.39. The van der Waals surface area contributed by atoms with Gasteiger partial charge in [0.05, 0.1) is 5.54 Å². The van der Waals surface area contributed by atoms with Crippen LogP contribution in [0.2, 0.25) is 0 Å². The fraction of sp³-hybridized carbons (Fsp3) is 0.591. The summed E-state index contributed by atoms with van der Waals surface area (Å²) in [6, 6.07) is 3.05. The van der Waals surface area contributed by atoms with E-state index in [9.17, 15) is 14.4 Å². The van der Waals surface area contributed by atoms with Gasteiger partial charge in [-0.15, -0.1) is 0 Å². The van der Waals surface area contributed by atoms with E-state index in [1.807, 2.05) is 20.8 Å². The summed E-state index contributed by atoms with van der Waals surface area (Å²) in [5.41, 5.74) is -2.87. The predicted molar refractivity (Wildman–Crippen MR) is 112 cm³/mol. The van der Waals surface area contributed by atoms with Crippen molar-refractivity contribution in [3.63, 3.8) is 0 Å². The van der Waals surface area contributed by atoms with Crippen molar-refractivity contribution in [2.45, 2.75) is 85.1 Å². The van der Waals surface area contributed by atoms with Crippen molar-refractivity contribution in [2.24, 2.45) is 4.99 Å². The van der Waals surface area contributed by atoms with Crippen molar-refractivity contribution in [1.29, 1.82) is 0 Å². The zero-order valence-corrected chi connectivity index (χ0v) is 18.8. The Bertz CT molecular complexity index is 870. The van der Waals surface area contributed by atoms with Gasteiger partial charge in [-0.25, -0.2) is 14.6 Å². The number of carbonyl (C=O) groups excluding carboxylic acids is 2. The van der Waals surface area contributed by atoms with E-state index in [-0.39, 0.29) is 5.57 Å². The van der Waals surface area contributed by atoms with E-state index in [4.69, 9.17) is 9.47 Å². The second-order valence-corrected chi connectivity index (χ2v) is 9.69.